The molecule has 6 rings (SSSR count). The monoisotopic (exact) mass is 433 g/mol. The highest BCUT2D eigenvalue weighted by Crippen LogP contribution is 2.56. The van der Waals surface area contributed by atoms with E-state index in [1.54, 1.807) is 6.20 Å². The first-order valence-electron chi connectivity index (χ1n) is 12.2. The summed E-state index contributed by atoms with van der Waals surface area (Å²) in [7, 11) is 0. The molecule has 2 saturated carbocycles. The number of fused-ring (bicyclic) bond motifs is 2. The van der Waals surface area contributed by atoms with Crippen LogP contribution in [0.3, 0.4) is 0 Å². The van der Waals surface area contributed by atoms with Crippen LogP contribution in [0.2, 0.25) is 0 Å². The number of pyridine rings is 1. The number of rotatable bonds is 4. The minimum atomic E-state index is 0.00372. The lowest BCUT2D eigenvalue weighted by Crippen LogP contribution is -2.36. The Labute approximate surface area is 188 Å². The molecular formula is C25H31N5O2. The normalized spacial score (nSPS) is 29.4. The number of amides is 1. The van der Waals surface area contributed by atoms with E-state index in [-0.39, 0.29) is 17.4 Å². The van der Waals surface area contributed by atoms with Gasteiger partial charge in [0, 0.05) is 62.5 Å². The molecule has 2 aromatic heterocycles. The summed E-state index contributed by atoms with van der Waals surface area (Å²) in [5.74, 6) is 2.80. The van der Waals surface area contributed by atoms with Gasteiger partial charge in [-0.15, -0.1) is 0 Å². The maximum absolute atomic E-state index is 13.1. The second-order valence-corrected chi connectivity index (χ2v) is 10.1. The van der Waals surface area contributed by atoms with Gasteiger partial charge in [-0.2, -0.15) is 0 Å². The van der Waals surface area contributed by atoms with Crippen LogP contribution in [0.25, 0.3) is 0 Å². The van der Waals surface area contributed by atoms with Crippen molar-refractivity contribution >= 4 is 5.91 Å². The van der Waals surface area contributed by atoms with Crippen LogP contribution in [0.15, 0.2) is 29.3 Å². The molecule has 3 fully saturated rings. The zero-order chi connectivity index (χ0) is 21.7. The number of hydrogen-bond donors (Lipinski definition) is 1. The zero-order valence-electron chi connectivity index (χ0n) is 18.5. The Kier molecular flexibility index (Phi) is 5.09. The summed E-state index contributed by atoms with van der Waals surface area (Å²) in [6.45, 7) is 3.82. The van der Waals surface area contributed by atoms with Crippen molar-refractivity contribution in [3.63, 3.8) is 0 Å². The maximum atomic E-state index is 13.1. The number of aromatic nitrogens is 3. The fourth-order valence-electron chi connectivity index (χ4n) is 6.34. The minimum absolute atomic E-state index is 0.00372. The summed E-state index contributed by atoms with van der Waals surface area (Å²) in [4.78, 5) is 42.5. The Bertz CT molecular complexity index is 1060. The zero-order valence-corrected chi connectivity index (χ0v) is 18.5. The highest BCUT2D eigenvalue weighted by atomic mass is 16.2. The van der Waals surface area contributed by atoms with Gasteiger partial charge in [-0.1, -0.05) is 18.9 Å². The van der Waals surface area contributed by atoms with Gasteiger partial charge in [-0.3, -0.25) is 19.5 Å². The van der Waals surface area contributed by atoms with E-state index >= 15 is 0 Å². The molecule has 32 heavy (non-hydrogen) atoms. The number of likely N-dealkylation sites (tertiary alicyclic amines) is 1. The fraction of sp³-hybridized carbons (Fsp3) is 0.600. The number of carbonyl (C=O) groups is 1. The summed E-state index contributed by atoms with van der Waals surface area (Å²) in [6.07, 6.45) is 10.3. The van der Waals surface area contributed by atoms with Crippen LogP contribution < -0.4 is 5.56 Å². The lowest BCUT2D eigenvalue weighted by molar-refractivity contribution is -0.132. The summed E-state index contributed by atoms with van der Waals surface area (Å²) >= 11 is 0. The topological polar surface area (TPSA) is 82.2 Å². The Morgan fingerprint density at radius 3 is 2.78 bits per heavy atom. The lowest BCUT2D eigenvalue weighted by atomic mass is 10.0. The number of aromatic amines is 1. The molecule has 2 aliphatic heterocycles. The van der Waals surface area contributed by atoms with E-state index in [4.69, 9.17) is 4.98 Å². The third-order valence-corrected chi connectivity index (χ3v) is 8.13. The quantitative estimate of drug-likeness (QED) is 0.801. The van der Waals surface area contributed by atoms with Gasteiger partial charge in [0.05, 0.1) is 5.69 Å². The number of carbonyl (C=O) groups excluding carboxylic acids is 1. The van der Waals surface area contributed by atoms with Gasteiger partial charge in [0.25, 0.3) is 5.56 Å². The number of nitrogens with zero attached hydrogens (tertiary/aromatic N) is 4. The van der Waals surface area contributed by atoms with Gasteiger partial charge >= 0.3 is 0 Å². The van der Waals surface area contributed by atoms with Crippen LogP contribution in [0.5, 0.6) is 0 Å². The average molecular weight is 434 g/mol. The summed E-state index contributed by atoms with van der Waals surface area (Å²) in [5, 5.41) is 0. The predicted molar refractivity (Wildman–Crippen MR) is 120 cm³/mol. The Morgan fingerprint density at radius 2 is 2.00 bits per heavy atom. The molecule has 7 heteroatoms. The van der Waals surface area contributed by atoms with E-state index in [2.05, 4.69) is 20.9 Å². The summed E-state index contributed by atoms with van der Waals surface area (Å²) < 4.78 is 0. The number of nitrogens with one attached hydrogen (secondary N) is 1. The van der Waals surface area contributed by atoms with Gasteiger partial charge in [0.2, 0.25) is 5.91 Å². The number of hydrogen-bond acceptors (Lipinski definition) is 5. The van der Waals surface area contributed by atoms with Crippen LogP contribution in [-0.2, 0) is 24.3 Å². The third-order valence-electron chi connectivity index (χ3n) is 8.13. The van der Waals surface area contributed by atoms with Crippen molar-refractivity contribution in [3.8, 4) is 0 Å². The summed E-state index contributed by atoms with van der Waals surface area (Å²) in [6, 6.07) is 4.04. The third kappa shape index (κ3) is 3.66. The highest BCUT2D eigenvalue weighted by Gasteiger charge is 2.56. The fourth-order valence-corrected chi connectivity index (χ4v) is 6.34. The Balaban J connectivity index is 1.15. The number of H-pyrrole nitrogens is 1. The molecule has 1 unspecified atom stereocenters. The van der Waals surface area contributed by atoms with Gasteiger partial charge in [0.15, 0.2) is 0 Å². The molecule has 0 spiro atoms. The van der Waals surface area contributed by atoms with E-state index in [1.165, 1.54) is 31.2 Å². The molecule has 1 N–H and O–H groups in total. The molecule has 2 aromatic rings. The molecule has 4 heterocycles. The molecule has 2 aliphatic carbocycles. The maximum Gasteiger partial charge on any atom is 0.254 e. The van der Waals surface area contributed by atoms with Crippen LogP contribution in [0, 0.1) is 17.8 Å². The predicted octanol–water partition coefficient (Wildman–Crippen LogP) is 2.48. The van der Waals surface area contributed by atoms with Crippen LogP contribution in [0.1, 0.15) is 60.7 Å². The van der Waals surface area contributed by atoms with Crippen LogP contribution in [-0.4, -0.2) is 50.3 Å². The van der Waals surface area contributed by atoms with E-state index in [1.807, 2.05) is 17.2 Å². The molecule has 0 bridgehead atoms. The molecule has 1 amide bonds. The highest BCUT2D eigenvalue weighted by molar-refractivity contribution is 5.82. The van der Waals surface area contributed by atoms with Gasteiger partial charge < -0.3 is 9.88 Å². The van der Waals surface area contributed by atoms with E-state index in [0.717, 1.165) is 49.6 Å². The molecule has 168 valence electrons. The molecular weight excluding hydrogens is 402 g/mol. The molecule has 1 saturated heterocycles. The summed E-state index contributed by atoms with van der Waals surface area (Å²) in [5.41, 5.74) is 2.90. The lowest BCUT2D eigenvalue weighted by Gasteiger charge is -2.28. The van der Waals surface area contributed by atoms with Crippen LogP contribution >= 0.6 is 0 Å². The minimum Gasteiger partial charge on any atom is -0.342 e. The first-order valence-corrected chi connectivity index (χ1v) is 12.2. The molecule has 4 atom stereocenters. The Hall–Kier alpha value is -2.54. The van der Waals surface area contributed by atoms with E-state index < -0.39 is 0 Å². The van der Waals surface area contributed by atoms with Gasteiger partial charge in [0.1, 0.15) is 5.82 Å². The molecule has 4 aliphatic rings. The van der Waals surface area contributed by atoms with Crippen molar-refractivity contribution in [2.45, 2.75) is 57.5 Å². The second kappa shape index (κ2) is 8.10. The molecule has 7 nitrogen and oxygen atoms in total. The SMILES string of the molecule is O=C(C1[C@H]2CCCC[C@@H]12)N1CC[C@@H](c2nc3c(c(=O)[nH]2)CCN(Cc2cccnc2)C3)C1. The van der Waals surface area contributed by atoms with Crippen molar-refractivity contribution < 1.29 is 4.79 Å². The average Bonchev–Trinajstić information content (AvgIpc) is 3.33. The van der Waals surface area contributed by atoms with Gasteiger partial charge in [-0.25, -0.2) is 4.98 Å². The molecule has 0 radical (unpaired) electrons. The van der Waals surface area contributed by atoms with Crippen molar-refractivity contribution in [2.75, 3.05) is 19.6 Å². The van der Waals surface area contributed by atoms with Gasteiger partial charge in [-0.05, 0) is 49.1 Å². The van der Waals surface area contributed by atoms with Crippen molar-refractivity contribution in [1.29, 1.82) is 0 Å². The Morgan fingerprint density at radius 1 is 1.16 bits per heavy atom. The first-order chi connectivity index (χ1) is 15.7. The molecule has 0 aromatic carbocycles. The standard InChI is InChI=1S/C25H31N5O2/c31-24-20-8-10-29(13-16-4-3-9-26-12-16)15-21(20)27-23(28-24)17-7-11-30(14-17)25(32)22-18-5-1-2-6-19(18)22/h3-4,9,12,17-19,22H,1-2,5-8,10-11,13-15H2,(H,27,28,31)/t17-,18-,19+,22?/m1/s1. The first kappa shape index (κ1) is 20.1. The van der Waals surface area contributed by atoms with E-state index in [0.29, 0.717) is 30.8 Å². The van der Waals surface area contributed by atoms with Crippen LogP contribution in [0.4, 0.5) is 0 Å². The van der Waals surface area contributed by atoms with Crippen molar-refractivity contribution in [2.24, 2.45) is 17.8 Å². The smallest absolute Gasteiger partial charge is 0.254 e. The van der Waals surface area contributed by atoms with E-state index in [9.17, 15) is 9.59 Å². The second-order valence-electron chi connectivity index (χ2n) is 10.1. The van der Waals surface area contributed by atoms with Crippen molar-refractivity contribution in [3.05, 3.63) is 57.5 Å². The van der Waals surface area contributed by atoms with Crippen molar-refractivity contribution in [1.82, 2.24) is 24.8 Å². The largest absolute Gasteiger partial charge is 0.342 e.